The summed E-state index contributed by atoms with van der Waals surface area (Å²) in [6.07, 6.45) is 0.335. The summed E-state index contributed by atoms with van der Waals surface area (Å²) in [5.41, 5.74) is 0.273. The Kier molecular flexibility index (Phi) is 4.44. The average Bonchev–Trinajstić information content (AvgIpc) is 3.47. The van der Waals surface area contributed by atoms with Crippen LogP contribution in [0.15, 0.2) is 24.3 Å². The van der Waals surface area contributed by atoms with E-state index in [4.69, 9.17) is 18.9 Å². The van der Waals surface area contributed by atoms with Gasteiger partial charge in [0, 0.05) is 24.6 Å². The number of ether oxygens (including phenoxy) is 4. The molecule has 0 saturated carbocycles. The first-order valence-electron chi connectivity index (χ1n) is 8.44. The summed E-state index contributed by atoms with van der Waals surface area (Å²) in [5, 5.41) is 0. The van der Waals surface area contributed by atoms with Crippen LogP contribution in [0.4, 0.5) is 5.69 Å². The van der Waals surface area contributed by atoms with E-state index in [0.29, 0.717) is 31.8 Å². The van der Waals surface area contributed by atoms with Gasteiger partial charge in [0.05, 0.1) is 13.2 Å². The number of esters is 1. The second kappa shape index (κ2) is 6.26. The SMILES string of the molecule is CCC(=O)OC(CC)Oc1cccc(N(C2(C)CO2)C2(C)CO2)c1. The topological polar surface area (TPSA) is 63.8 Å². The molecule has 3 unspecified atom stereocenters. The number of hydrogen-bond acceptors (Lipinski definition) is 6. The summed E-state index contributed by atoms with van der Waals surface area (Å²) >= 11 is 0. The molecule has 1 aromatic rings. The Bertz CT molecular complexity index is 591. The van der Waals surface area contributed by atoms with Crippen LogP contribution in [0.1, 0.15) is 40.5 Å². The summed E-state index contributed by atoms with van der Waals surface area (Å²) in [6, 6.07) is 7.72. The highest BCUT2D eigenvalue weighted by Gasteiger charge is 2.58. The molecule has 0 N–H and O–H groups in total. The van der Waals surface area contributed by atoms with Gasteiger partial charge in [0.1, 0.15) is 5.75 Å². The van der Waals surface area contributed by atoms with Gasteiger partial charge in [0.2, 0.25) is 6.29 Å². The predicted octanol–water partition coefficient (Wildman–Crippen LogP) is 3.05. The van der Waals surface area contributed by atoms with Crippen molar-refractivity contribution in [1.82, 2.24) is 0 Å². The van der Waals surface area contributed by atoms with Gasteiger partial charge >= 0.3 is 5.97 Å². The summed E-state index contributed by atoms with van der Waals surface area (Å²) in [6.45, 7) is 9.12. The third kappa shape index (κ3) is 3.49. The van der Waals surface area contributed by atoms with Crippen molar-refractivity contribution in [3.63, 3.8) is 0 Å². The average molecular weight is 335 g/mol. The van der Waals surface area contributed by atoms with Crippen molar-refractivity contribution in [2.45, 2.75) is 58.3 Å². The van der Waals surface area contributed by atoms with Crippen LogP contribution < -0.4 is 9.64 Å². The van der Waals surface area contributed by atoms with E-state index in [1.54, 1.807) is 6.92 Å². The van der Waals surface area contributed by atoms with Gasteiger partial charge in [-0.05, 0) is 26.0 Å². The van der Waals surface area contributed by atoms with E-state index in [2.05, 4.69) is 4.90 Å². The Morgan fingerprint density at radius 2 is 1.88 bits per heavy atom. The quantitative estimate of drug-likeness (QED) is 0.413. The van der Waals surface area contributed by atoms with E-state index in [0.717, 1.165) is 5.69 Å². The molecule has 3 rings (SSSR count). The van der Waals surface area contributed by atoms with Gasteiger partial charge in [-0.1, -0.05) is 19.9 Å². The molecule has 0 aliphatic carbocycles. The predicted molar refractivity (Wildman–Crippen MR) is 88.7 cm³/mol. The van der Waals surface area contributed by atoms with Crippen LogP contribution in [-0.4, -0.2) is 36.9 Å². The van der Waals surface area contributed by atoms with Crippen molar-refractivity contribution in [1.29, 1.82) is 0 Å². The third-order valence-corrected chi connectivity index (χ3v) is 4.30. The lowest BCUT2D eigenvalue weighted by Crippen LogP contribution is -2.46. The van der Waals surface area contributed by atoms with Crippen LogP contribution in [0.5, 0.6) is 5.75 Å². The molecule has 2 aliphatic rings. The molecule has 2 heterocycles. The van der Waals surface area contributed by atoms with Crippen LogP contribution in [0.3, 0.4) is 0 Å². The van der Waals surface area contributed by atoms with Crippen molar-refractivity contribution in [2.24, 2.45) is 0 Å². The monoisotopic (exact) mass is 335 g/mol. The Labute approximate surface area is 142 Å². The minimum Gasteiger partial charge on any atom is -0.455 e. The zero-order valence-corrected chi connectivity index (χ0v) is 14.7. The van der Waals surface area contributed by atoms with Gasteiger partial charge < -0.3 is 23.8 Å². The molecule has 2 saturated heterocycles. The largest absolute Gasteiger partial charge is 0.455 e. The van der Waals surface area contributed by atoms with Gasteiger partial charge in [0.25, 0.3) is 0 Å². The molecule has 6 nitrogen and oxygen atoms in total. The van der Waals surface area contributed by atoms with Crippen molar-refractivity contribution < 1.29 is 23.7 Å². The highest BCUT2D eigenvalue weighted by molar-refractivity contribution is 5.69. The lowest BCUT2D eigenvalue weighted by atomic mass is 10.1. The van der Waals surface area contributed by atoms with Crippen molar-refractivity contribution in [3.05, 3.63) is 24.3 Å². The maximum absolute atomic E-state index is 11.5. The summed E-state index contributed by atoms with van der Waals surface area (Å²) in [5.74, 6) is 0.388. The molecular formula is C18H25NO5. The number of epoxide rings is 2. The zero-order chi connectivity index (χ0) is 17.4. The number of benzene rings is 1. The number of rotatable bonds is 8. The number of nitrogens with zero attached hydrogens (tertiary/aromatic N) is 1. The van der Waals surface area contributed by atoms with Crippen LogP contribution >= 0.6 is 0 Å². The minimum atomic E-state index is -0.582. The van der Waals surface area contributed by atoms with Gasteiger partial charge in [-0.3, -0.25) is 4.79 Å². The standard InChI is InChI=1S/C18H25NO5/c1-5-15(20)24-16(6-2)23-14-9-7-8-13(10-14)19(17(3)11-21-17)18(4)12-22-18/h7-10,16H,5-6,11-12H2,1-4H3. The van der Waals surface area contributed by atoms with Crippen LogP contribution in [0.25, 0.3) is 0 Å². The Morgan fingerprint density at radius 1 is 1.25 bits per heavy atom. The van der Waals surface area contributed by atoms with Gasteiger partial charge in [-0.2, -0.15) is 0 Å². The fourth-order valence-corrected chi connectivity index (χ4v) is 2.78. The smallest absolute Gasteiger partial charge is 0.308 e. The molecule has 24 heavy (non-hydrogen) atoms. The molecule has 0 spiro atoms. The second-order valence-corrected chi connectivity index (χ2v) is 6.56. The van der Waals surface area contributed by atoms with E-state index in [1.807, 2.05) is 45.0 Å². The summed E-state index contributed by atoms with van der Waals surface area (Å²) in [7, 11) is 0. The normalized spacial score (nSPS) is 28.8. The lowest BCUT2D eigenvalue weighted by molar-refractivity contribution is -0.163. The van der Waals surface area contributed by atoms with Crippen molar-refractivity contribution in [2.75, 3.05) is 18.1 Å². The number of carbonyl (C=O) groups excluding carboxylic acids is 1. The van der Waals surface area contributed by atoms with E-state index in [-0.39, 0.29) is 17.4 Å². The molecule has 6 heteroatoms. The second-order valence-electron chi connectivity index (χ2n) is 6.56. The molecule has 3 atom stereocenters. The van der Waals surface area contributed by atoms with Crippen molar-refractivity contribution >= 4 is 11.7 Å². The maximum Gasteiger partial charge on any atom is 0.308 e. The highest BCUT2D eigenvalue weighted by Crippen LogP contribution is 2.46. The Morgan fingerprint density at radius 3 is 2.38 bits per heavy atom. The molecule has 0 amide bonds. The molecule has 0 radical (unpaired) electrons. The van der Waals surface area contributed by atoms with E-state index >= 15 is 0 Å². The Hall–Kier alpha value is -1.79. The van der Waals surface area contributed by atoms with Crippen LogP contribution in [0.2, 0.25) is 0 Å². The molecule has 2 fully saturated rings. The van der Waals surface area contributed by atoms with Gasteiger partial charge in [-0.15, -0.1) is 0 Å². The van der Waals surface area contributed by atoms with E-state index in [9.17, 15) is 4.79 Å². The molecule has 0 bridgehead atoms. The Balaban J connectivity index is 1.77. The molecular weight excluding hydrogens is 310 g/mol. The minimum absolute atomic E-state index is 0.266. The molecule has 0 aromatic heterocycles. The first-order valence-corrected chi connectivity index (χ1v) is 8.44. The zero-order valence-electron chi connectivity index (χ0n) is 14.7. The number of carbonyl (C=O) groups is 1. The summed E-state index contributed by atoms with van der Waals surface area (Å²) < 4.78 is 22.4. The molecule has 132 valence electrons. The van der Waals surface area contributed by atoms with E-state index in [1.165, 1.54) is 0 Å². The number of anilines is 1. The lowest BCUT2D eigenvalue weighted by Gasteiger charge is -2.33. The first kappa shape index (κ1) is 17.0. The molecule has 2 aliphatic heterocycles. The van der Waals surface area contributed by atoms with Crippen LogP contribution in [0, 0.1) is 0 Å². The molecule has 1 aromatic carbocycles. The van der Waals surface area contributed by atoms with E-state index < -0.39 is 6.29 Å². The fraction of sp³-hybridized carbons (Fsp3) is 0.611. The van der Waals surface area contributed by atoms with Gasteiger partial charge in [0.15, 0.2) is 11.4 Å². The third-order valence-electron chi connectivity index (χ3n) is 4.30. The van der Waals surface area contributed by atoms with Crippen LogP contribution in [-0.2, 0) is 19.0 Å². The highest BCUT2D eigenvalue weighted by atomic mass is 16.7. The summed E-state index contributed by atoms with van der Waals surface area (Å²) in [4.78, 5) is 13.6. The fourth-order valence-electron chi connectivity index (χ4n) is 2.78. The van der Waals surface area contributed by atoms with Gasteiger partial charge in [-0.25, -0.2) is 0 Å². The maximum atomic E-state index is 11.5. The number of hydrogen-bond donors (Lipinski definition) is 0. The van der Waals surface area contributed by atoms with Crippen molar-refractivity contribution in [3.8, 4) is 5.75 Å². The first-order chi connectivity index (χ1) is 11.4.